The van der Waals surface area contributed by atoms with Crippen LogP contribution < -0.4 is 0 Å². The highest BCUT2D eigenvalue weighted by atomic mass is 79.9. The van der Waals surface area contributed by atoms with Crippen molar-refractivity contribution in [2.24, 2.45) is 0 Å². The monoisotopic (exact) mass is 343 g/mol. The number of esters is 1. The van der Waals surface area contributed by atoms with Crippen LogP contribution in [-0.2, 0) is 19.6 Å². The van der Waals surface area contributed by atoms with Gasteiger partial charge in [-0.2, -0.15) is 0 Å². The van der Waals surface area contributed by atoms with Crippen LogP contribution in [0.5, 0.6) is 0 Å². The average Bonchev–Trinajstić information content (AvgIpc) is 2.69. The van der Waals surface area contributed by atoms with Crippen LogP contribution in [0, 0.1) is 0 Å². The summed E-state index contributed by atoms with van der Waals surface area (Å²) in [4.78, 5) is 16.1. The average molecular weight is 344 g/mol. The lowest BCUT2D eigenvalue weighted by Gasteiger charge is -2.12. The van der Waals surface area contributed by atoms with Gasteiger partial charge in [0, 0.05) is 7.05 Å². The number of hydroxylamine groups is 1. The second kappa shape index (κ2) is 5.44. The molecule has 1 heterocycles. The van der Waals surface area contributed by atoms with Gasteiger partial charge in [0.1, 0.15) is 9.77 Å². The van der Waals surface area contributed by atoms with E-state index in [2.05, 4.69) is 25.5 Å². The Morgan fingerprint density at radius 3 is 2.53 bits per heavy atom. The molecule has 0 amide bonds. The van der Waals surface area contributed by atoms with Gasteiger partial charge in [0.05, 0.1) is 18.0 Å². The van der Waals surface area contributed by atoms with Crippen LogP contribution in [0.1, 0.15) is 9.67 Å². The van der Waals surface area contributed by atoms with Crippen LogP contribution in [0.3, 0.4) is 0 Å². The molecule has 1 aromatic rings. The van der Waals surface area contributed by atoms with Crippen molar-refractivity contribution in [2.75, 3.05) is 21.3 Å². The van der Waals surface area contributed by atoms with Crippen molar-refractivity contribution < 1.29 is 22.8 Å². The lowest BCUT2D eigenvalue weighted by atomic mass is 10.5. The highest BCUT2D eigenvalue weighted by Gasteiger charge is 2.27. The Balaban J connectivity index is 3.25. The summed E-state index contributed by atoms with van der Waals surface area (Å²) in [6, 6.07) is 1.24. The van der Waals surface area contributed by atoms with Gasteiger partial charge in [-0.25, -0.2) is 13.2 Å². The molecule has 0 unspecified atom stereocenters. The topological polar surface area (TPSA) is 72.9 Å². The third-order valence-electron chi connectivity index (χ3n) is 1.92. The van der Waals surface area contributed by atoms with Crippen LogP contribution in [0.2, 0.25) is 0 Å². The number of halogens is 1. The number of carbonyl (C=O) groups is 1. The number of rotatable bonds is 4. The number of sulfonamides is 1. The maximum absolute atomic E-state index is 11.9. The third kappa shape index (κ3) is 2.86. The number of nitrogens with zero attached hydrogens (tertiary/aromatic N) is 1. The molecule has 0 saturated carbocycles. The van der Waals surface area contributed by atoms with Crippen LogP contribution >= 0.6 is 27.3 Å². The molecule has 96 valence electrons. The lowest BCUT2D eigenvalue weighted by molar-refractivity contribution is -0.0258. The SMILES string of the molecule is COC(=O)c1cc(S(=O)(=O)N(C)OC)c(Br)s1. The molecule has 0 saturated heterocycles. The summed E-state index contributed by atoms with van der Waals surface area (Å²) in [7, 11) is -0.0498. The smallest absolute Gasteiger partial charge is 0.348 e. The first-order valence-electron chi connectivity index (χ1n) is 4.25. The van der Waals surface area contributed by atoms with Gasteiger partial charge in [0.2, 0.25) is 0 Å². The fourth-order valence-electron chi connectivity index (χ4n) is 0.966. The van der Waals surface area contributed by atoms with Gasteiger partial charge < -0.3 is 4.74 Å². The molecule has 0 aliphatic rings. The largest absolute Gasteiger partial charge is 0.465 e. The highest BCUT2D eigenvalue weighted by Crippen LogP contribution is 2.33. The van der Waals surface area contributed by atoms with Crippen molar-refractivity contribution in [3.63, 3.8) is 0 Å². The molecule has 0 fully saturated rings. The van der Waals surface area contributed by atoms with Gasteiger partial charge in [0.25, 0.3) is 10.0 Å². The van der Waals surface area contributed by atoms with E-state index in [1.807, 2.05) is 0 Å². The van der Waals surface area contributed by atoms with E-state index in [0.29, 0.717) is 8.25 Å². The Morgan fingerprint density at radius 2 is 2.06 bits per heavy atom. The van der Waals surface area contributed by atoms with Crippen molar-refractivity contribution in [3.8, 4) is 0 Å². The van der Waals surface area contributed by atoms with E-state index in [0.717, 1.165) is 11.3 Å². The molecule has 1 rings (SSSR count). The molecule has 0 spiro atoms. The van der Waals surface area contributed by atoms with E-state index in [1.165, 1.54) is 27.3 Å². The fourth-order valence-corrected chi connectivity index (χ4v) is 4.37. The van der Waals surface area contributed by atoms with Gasteiger partial charge in [0.15, 0.2) is 0 Å². The maximum Gasteiger partial charge on any atom is 0.348 e. The predicted octanol–water partition coefficient (Wildman–Crippen LogP) is 1.48. The quantitative estimate of drug-likeness (QED) is 0.611. The standard InChI is InChI=1S/C8H10BrNO5S2/c1-10(15-3)17(12,13)6-4-5(8(11)14-2)16-7(6)9/h4H,1-3H3. The fraction of sp³-hybridized carbons (Fsp3) is 0.375. The van der Waals surface area contributed by atoms with E-state index in [9.17, 15) is 13.2 Å². The van der Waals surface area contributed by atoms with E-state index in [1.54, 1.807) is 0 Å². The minimum absolute atomic E-state index is 0.0350. The summed E-state index contributed by atoms with van der Waals surface area (Å²) in [5.41, 5.74) is 0. The summed E-state index contributed by atoms with van der Waals surface area (Å²) >= 11 is 4.08. The van der Waals surface area contributed by atoms with Crippen molar-refractivity contribution in [2.45, 2.75) is 4.90 Å². The Morgan fingerprint density at radius 1 is 1.47 bits per heavy atom. The summed E-state index contributed by atoms with van der Waals surface area (Å²) in [6.45, 7) is 0. The van der Waals surface area contributed by atoms with Gasteiger partial charge in [-0.3, -0.25) is 4.84 Å². The Hall–Kier alpha value is -0.480. The molecule has 0 radical (unpaired) electrons. The summed E-state index contributed by atoms with van der Waals surface area (Å²) in [5.74, 6) is -0.586. The molecule has 0 aliphatic heterocycles. The molecule has 0 bridgehead atoms. The molecule has 1 aromatic heterocycles. The Labute approximate surface area is 111 Å². The molecule has 6 nitrogen and oxygen atoms in total. The Bertz CT molecular complexity index is 524. The normalized spacial score (nSPS) is 11.8. The number of hydrogen-bond acceptors (Lipinski definition) is 6. The van der Waals surface area contributed by atoms with Crippen molar-refractivity contribution in [1.29, 1.82) is 0 Å². The van der Waals surface area contributed by atoms with Crippen LogP contribution in [0.25, 0.3) is 0 Å². The molecular formula is C8H10BrNO5S2. The number of ether oxygens (including phenoxy) is 1. The minimum atomic E-state index is -3.77. The van der Waals surface area contributed by atoms with Crippen LogP contribution in [0.15, 0.2) is 14.7 Å². The molecule has 9 heteroatoms. The zero-order chi connectivity index (χ0) is 13.2. The highest BCUT2D eigenvalue weighted by molar-refractivity contribution is 9.11. The molecule has 0 aliphatic carbocycles. The Kier molecular flexibility index (Phi) is 4.67. The molecular weight excluding hydrogens is 334 g/mol. The van der Waals surface area contributed by atoms with E-state index >= 15 is 0 Å². The van der Waals surface area contributed by atoms with Gasteiger partial charge in [-0.15, -0.1) is 11.3 Å². The molecule has 17 heavy (non-hydrogen) atoms. The third-order valence-corrected chi connectivity index (χ3v) is 5.83. The first-order valence-corrected chi connectivity index (χ1v) is 7.30. The van der Waals surface area contributed by atoms with Crippen molar-refractivity contribution in [1.82, 2.24) is 4.47 Å². The zero-order valence-electron chi connectivity index (χ0n) is 9.26. The molecule has 0 aromatic carbocycles. The van der Waals surface area contributed by atoms with Crippen molar-refractivity contribution >= 4 is 43.3 Å². The number of carbonyl (C=O) groups excluding carboxylic acids is 1. The summed E-state index contributed by atoms with van der Waals surface area (Å²) in [5, 5.41) is 0. The van der Waals surface area contributed by atoms with E-state index in [4.69, 9.17) is 0 Å². The zero-order valence-corrected chi connectivity index (χ0v) is 12.5. The van der Waals surface area contributed by atoms with Gasteiger partial charge >= 0.3 is 5.97 Å². The number of thiophene rings is 1. The summed E-state index contributed by atoms with van der Waals surface area (Å²) in [6.07, 6.45) is 0. The van der Waals surface area contributed by atoms with Gasteiger partial charge in [-0.1, -0.05) is 4.47 Å². The van der Waals surface area contributed by atoms with E-state index < -0.39 is 16.0 Å². The lowest BCUT2D eigenvalue weighted by Crippen LogP contribution is -2.25. The first-order chi connectivity index (χ1) is 7.84. The van der Waals surface area contributed by atoms with Crippen LogP contribution in [-0.4, -0.2) is 40.1 Å². The number of hydrogen-bond donors (Lipinski definition) is 0. The van der Waals surface area contributed by atoms with Gasteiger partial charge in [-0.05, 0) is 22.0 Å². The second-order valence-electron chi connectivity index (χ2n) is 2.84. The second-order valence-corrected chi connectivity index (χ2v) is 7.11. The van der Waals surface area contributed by atoms with E-state index in [-0.39, 0.29) is 9.77 Å². The first kappa shape index (κ1) is 14.6. The maximum atomic E-state index is 11.9. The van der Waals surface area contributed by atoms with Crippen LogP contribution in [0.4, 0.5) is 0 Å². The molecule has 0 N–H and O–H groups in total. The molecule has 0 atom stereocenters. The van der Waals surface area contributed by atoms with Crippen molar-refractivity contribution in [3.05, 3.63) is 14.7 Å². The number of methoxy groups -OCH3 is 1. The summed E-state index contributed by atoms with van der Waals surface area (Å²) < 4.78 is 29.4. The minimum Gasteiger partial charge on any atom is -0.465 e. The predicted molar refractivity (Wildman–Crippen MR) is 65.3 cm³/mol.